The maximum Gasteiger partial charge on any atom is 0.337 e. The van der Waals surface area contributed by atoms with Gasteiger partial charge >= 0.3 is 8.56 Å². The molecule has 0 atom stereocenters. The van der Waals surface area contributed by atoms with Gasteiger partial charge in [0.15, 0.2) is 0 Å². The van der Waals surface area contributed by atoms with E-state index in [9.17, 15) is 0 Å². The second-order valence-electron chi connectivity index (χ2n) is 7.40. The zero-order valence-electron chi connectivity index (χ0n) is 14.4. The van der Waals surface area contributed by atoms with Crippen molar-refractivity contribution in [3.8, 4) is 0 Å². The summed E-state index contributed by atoms with van der Waals surface area (Å²) in [5.41, 5.74) is 0. The van der Waals surface area contributed by atoms with Crippen molar-refractivity contribution in [2.75, 3.05) is 14.2 Å². The van der Waals surface area contributed by atoms with Gasteiger partial charge in [-0.05, 0) is 36.8 Å². The van der Waals surface area contributed by atoms with E-state index in [1.165, 1.54) is 89.1 Å². The molecular weight excluding hydrogens is 276 g/mol. The third-order valence-corrected chi connectivity index (χ3v) is 9.65. The molecule has 2 aliphatic rings. The maximum absolute atomic E-state index is 5.99. The summed E-state index contributed by atoms with van der Waals surface area (Å²) < 4.78 is 12.0. The molecule has 0 radical (unpaired) electrons. The van der Waals surface area contributed by atoms with Gasteiger partial charge in [0.1, 0.15) is 0 Å². The second kappa shape index (κ2) is 9.31. The molecule has 124 valence electrons. The Bertz CT molecular complexity index is 242. The molecule has 0 heterocycles. The lowest BCUT2D eigenvalue weighted by atomic mass is 9.87. The number of rotatable bonds is 8. The zero-order valence-corrected chi connectivity index (χ0v) is 15.4. The van der Waals surface area contributed by atoms with E-state index >= 15 is 0 Å². The van der Waals surface area contributed by atoms with Gasteiger partial charge in [0, 0.05) is 14.2 Å². The quantitative estimate of drug-likeness (QED) is 0.538. The summed E-state index contributed by atoms with van der Waals surface area (Å²) in [6, 6.07) is 2.44. The van der Waals surface area contributed by atoms with E-state index in [0.717, 1.165) is 11.8 Å². The van der Waals surface area contributed by atoms with Crippen molar-refractivity contribution >= 4 is 8.56 Å². The minimum atomic E-state index is -1.91. The van der Waals surface area contributed by atoms with Gasteiger partial charge in [-0.3, -0.25) is 0 Å². The average molecular weight is 313 g/mol. The molecule has 2 aliphatic carbocycles. The Morgan fingerprint density at radius 3 is 1.38 bits per heavy atom. The molecule has 0 unspecified atom stereocenters. The average Bonchev–Trinajstić information content (AvgIpc) is 2.58. The molecule has 0 aromatic rings. The molecule has 2 saturated carbocycles. The van der Waals surface area contributed by atoms with Gasteiger partial charge in [0.05, 0.1) is 0 Å². The van der Waals surface area contributed by atoms with E-state index in [-0.39, 0.29) is 0 Å². The largest absolute Gasteiger partial charge is 0.398 e. The highest BCUT2D eigenvalue weighted by Crippen LogP contribution is 2.34. The van der Waals surface area contributed by atoms with E-state index in [4.69, 9.17) is 8.85 Å². The van der Waals surface area contributed by atoms with Gasteiger partial charge in [0.2, 0.25) is 0 Å². The molecule has 0 bridgehead atoms. The summed E-state index contributed by atoms with van der Waals surface area (Å²) in [4.78, 5) is 0. The third-order valence-electron chi connectivity index (χ3n) is 6.06. The van der Waals surface area contributed by atoms with E-state index < -0.39 is 8.56 Å². The first-order chi connectivity index (χ1) is 10.3. The molecule has 0 N–H and O–H groups in total. The summed E-state index contributed by atoms with van der Waals surface area (Å²) >= 11 is 0. The van der Waals surface area contributed by atoms with Crippen molar-refractivity contribution in [2.24, 2.45) is 11.8 Å². The van der Waals surface area contributed by atoms with Crippen LogP contribution in [0.2, 0.25) is 12.1 Å². The molecule has 0 saturated heterocycles. The summed E-state index contributed by atoms with van der Waals surface area (Å²) in [6.07, 6.45) is 17.2. The first-order valence-corrected chi connectivity index (χ1v) is 11.6. The molecule has 3 heteroatoms. The molecule has 21 heavy (non-hydrogen) atoms. The predicted molar refractivity (Wildman–Crippen MR) is 91.8 cm³/mol. The Morgan fingerprint density at radius 1 is 0.667 bits per heavy atom. The highest BCUT2D eigenvalue weighted by atomic mass is 28.4. The monoisotopic (exact) mass is 312 g/mol. The second-order valence-corrected chi connectivity index (χ2v) is 11.0. The standard InChI is InChI=1S/C18H36O2Si/c1-19-21(20-2,15-13-17-9-5-3-6-10-17)16-14-18-11-7-4-8-12-18/h17-18H,3-16H2,1-2H3. The van der Waals surface area contributed by atoms with Crippen LogP contribution in [0.3, 0.4) is 0 Å². The van der Waals surface area contributed by atoms with Crippen molar-refractivity contribution in [2.45, 2.75) is 89.1 Å². The Kier molecular flexibility index (Phi) is 7.76. The first kappa shape index (κ1) is 17.5. The molecule has 2 rings (SSSR count). The topological polar surface area (TPSA) is 18.5 Å². The molecule has 0 aromatic carbocycles. The Balaban J connectivity index is 1.76. The molecular formula is C18H36O2Si. The molecule has 2 nitrogen and oxygen atoms in total. The van der Waals surface area contributed by atoms with E-state index in [1.54, 1.807) is 0 Å². The highest BCUT2D eigenvalue weighted by Gasteiger charge is 2.36. The minimum Gasteiger partial charge on any atom is -0.398 e. The normalized spacial score (nSPS) is 22.6. The van der Waals surface area contributed by atoms with Crippen LogP contribution in [0.4, 0.5) is 0 Å². The van der Waals surface area contributed by atoms with Crippen LogP contribution in [0.1, 0.15) is 77.0 Å². The van der Waals surface area contributed by atoms with Crippen LogP contribution < -0.4 is 0 Å². The van der Waals surface area contributed by atoms with Crippen LogP contribution in [0.25, 0.3) is 0 Å². The number of hydrogen-bond acceptors (Lipinski definition) is 2. The van der Waals surface area contributed by atoms with Crippen LogP contribution in [-0.2, 0) is 8.85 Å². The van der Waals surface area contributed by atoms with Gasteiger partial charge in [-0.1, -0.05) is 64.2 Å². The van der Waals surface area contributed by atoms with Gasteiger partial charge in [-0.25, -0.2) is 0 Å². The van der Waals surface area contributed by atoms with Crippen molar-refractivity contribution in [1.29, 1.82) is 0 Å². The Hall–Kier alpha value is 0.137. The van der Waals surface area contributed by atoms with Crippen molar-refractivity contribution < 1.29 is 8.85 Å². The molecule has 2 fully saturated rings. The Labute approximate surface area is 133 Å². The lowest BCUT2D eigenvalue weighted by Crippen LogP contribution is -2.40. The SMILES string of the molecule is CO[Si](CCC1CCCCC1)(CCC1CCCCC1)OC. The van der Waals surface area contributed by atoms with Crippen LogP contribution in [0.15, 0.2) is 0 Å². The van der Waals surface area contributed by atoms with Gasteiger partial charge < -0.3 is 8.85 Å². The summed E-state index contributed by atoms with van der Waals surface area (Å²) in [5.74, 6) is 1.90. The fraction of sp³-hybridized carbons (Fsp3) is 1.00. The van der Waals surface area contributed by atoms with E-state index in [2.05, 4.69) is 0 Å². The highest BCUT2D eigenvalue weighted by molar-refractivity contribution is 6.67. The lowest BCUT2D eigenvalue weighted by molar-refractivity contribution is 0.226. The maximum atomic E-state index is 5.99. The van der Waals surface area contributed by atoms with Gasteiger partial charge in [-0.15, -0.1) is 0 Å². The fourth-order valence-electron chi connectivity index (χ4n) is 4.42. The van der Waals surface area contributed by atoms with Crippen molar-refractivity contribution in [1.82, 2.24) is 0 Å². The summed E-state index contributed by atoms with van der Waals surface area (Å²) in [5, 5.41) is 0. The Morgan fingerprint density at radius 2 is 1.05 bits per heavy atom. The molecule has 0 aliphatic heterocycles. The molecule has 0 spiro atoms. The zero-order chi connectivity index (χ0) is 15.0. The summed E-state index contributed by atoms with van der Waals surface area (Å²) in [6.45, 7) is 0. The lowest BCUT2D eigenvalue weighted by Gasteiger charge is -2.32. The van der Waals surface area contributed by atoms with Crippen LogP contribution in [0, 0.1) is 11.8 Å². The summed E-state index contributed by atoms with van der Waals surface area (Å²) in [7, 11) is 1.89. The van der Waals surface area contributed by atoms with Gasteiger partial charge in [-0.2, -0.15) is 0 Å². The van der Waals surface area contributed by atoms with Gasteiger partial charge in [0.25, 0.3) is 0 Å². The molecule has 0 amide bonds. The van der Waals surface area contributed by atoms with Crippen molar-refractivity contribution in [3.05, 3.63) is 0 Å². The third kappa shape index (κ3) is 5.68. The van der Waals surface area contributed by atoms with E-state index in [1.807, 2.05) is 14.2 Å². The van der Waals surface area contributed by atoms with Crippen LogP contribution >= 0.6 is 0 Å². The van der Waals surface area contributed by atoms with Crippen molar-refractivity contribution in [3.63, 3.8) is 0 Å². The first-order valence-electron chi connectivity index (χ1n) is 9.38. The fourth-order valence-corrected chi connectivity index (χ4v) is 7.35. The predicted octanol–water partition coefficient (Wildman–Crippen LogP) is 5.66. The van der Waals surface area contributed by atoms with Crippen LogP contribution in [-0.4, -0.2) is 22.8 Å². The van der Waals surface area contributed by atoms with E-state index in [0.29, 0.717) is 0 Å². The van der Waals surface area contributed by atoms with Crippen LogP contribution in [0.5, 0.6) is 0 Å². The minimum absolute atomic E-state index is 0.950. The smallest absolute Gasteiger partial charge is 0.337 e. The molecule has 0 aromatic heterocycles. The number of hydrogen-bond donors (Lipinski definition) is 0.